The summed E-state index contributed by atoms with van der Waals surface area (Å²) in [6.45, 7) is 8.49. The molecule has 0 aliphatic heterocycles. The van der Waals surface area contributed by atoms with E-state index in [9.17, 15) is 38.4 Å². The van der Waals surface area contributed by atoms with Crippen LogP contribution in [0.25, 0.3) is 0 Å². The zero-order valence-electron chi connectivity index (χ0n) is 70.0. The molecule has 0 saturated carbocycles. The molecule has 0 heterocycles. The second-order valence-corrected chi connectivity index (χ2v) is 26.4. The van der Waals surface area contributed by atoms with Crippen LogP contribution in [0.4, 0.5) is 0 Å². The molecular formula is C102H126N2O14. The molecule has 16 heteroatoms. The number of rotatable bonds is 58. The van der Waals surface area contributed by atoms with E-state index in [4.69, 9.17) is 28.4 Å². The molecule has 0 spiro atoms. The van der Waals surface area contributed by atoms with Crippen LogP contribution in [0.5, 0.6) is 23.0 Å². The molecule has 0 unspecified atom stereocenters. The number of hydrogen-bond donors (Lipinski definition) is 2. The summed E-state index contributed by atoms with van der Waals surface area (Å²) in [5.74, 6) is -3.99. The van der Waals surface area contributed by atoms with Gasteiger partial charge in [-0.25, -0.2) is 19.2 Å². The molecule has 0 radical (unpaired) electrons. The van der Waals surface area contributed by atoms with Gasteiger partial charge in [-0.15, -0.1) is 0 Å². The van der Waals surface area contributed by atoms with E-state index in [2.05, 4.69) is 226 Å². The zero-order valence-corrected chi connectivity index (χ0v) is 70.0. The predicted molar refractivity (Wildman–Crippen MR) is 481 cm³/mol. The van der Waals surface area contributed by atoms with Gasteiger partial charge in [-0.05, 0) is 196 Å². The summed E-state index contributed by atoms with van der Waals surface area (Å²) in [6.07, 6.45) is 97.6. The second-order valence-electron chi connectivity index (χ2n) is 26.4. The molecule has 628 valence electrons. The number of benzene rings is 4. The molecule has 0 bridgehead atoms. The van der Waals surface area contributed by atoms with Crippen LogP contribution in [0.15, 0.2) is 316 Å². The Morgan fingerprint density at radius 1 is 0.263 bits per heavy atom. The summed E-state index contributed by atoms with van der Waals surface area (Å²) < 4.78 is 32.5. The highest BCUT2D eigenvalue weighted by Gasteiger charge is 2.23. The van der Waals surface area contributed by atoms with Crippen LogP contribution in [0.2, 0.25) is 0 Å². The monoisotopic (exact) mass is 1600 g/mol. The Hall–Kier alpha value is -12.0. The van der Waals surface area contributed by atoms with Crippen LogP contribution in [-0.4, -0.2) is 73.9 Å². The number of carbonyl (C=O) groups is 8. The molecular weight excluding hydrogens is 1480 g/mol. The second kappa shape index (κ2) is 71.5. The fraction of sp³-hybridized carbons (Fsp3) is 0.333. The first kappa shape index (κ1) is 100. The van der Waals surface area contributed by atoms with E-state index in [0.717, 1.165) is 116 Å². The molecule has 4 rings (SSSR count). The van der Waals surface area contributed by atoms with Crippen molar-refractivity contribution in [3.8, 4) is 23.0 Å². The van der Waals surface area contributed by atoms with Crippen LogP contribution in [0.3, 0.4) is 0 Å². The van der Waals surface area contributed by atoms with Crippen molar-refractivity contribution in [3.63, 3.8) is 0 Å². The van der Waals surface area contributed by atoms with E-state index in [1.165, 1.54) is 55.5 Å². The minimum atomic E-state index is -0.790. The highest BCUT2D eigenvalue weighted by molar-refractivity contribution is 5.99. The van der Waals surface area contributed by atoms with Gasteiger partial charge in [-0.2, -0.15) is 0 Å². The minimum absolute atomic E-state index is 0.00831. The van der Waals surface area contributed by atoms with Gasteiger partial charge in [0.05, 0.1) is 13.2 Å². The Morgan fingerprint density at radius 2 is 0.483 bits per heavy atom. The van der Waals surface area contributed by atoms with Crippen LogP contribution >= 0.6 is 0 Å². The van der Waals surface area contributed by atoms with Gasteiger partial charge in [0.2, 0.25) is 11.8 Å². The van der Waals surface area contributed by atoms with Crippen LogP contribution < -0.4 is 29.6 Å². The minimum Gasteiger partial charge on any atom is -0.462 e. The summed E-state index contributed by atoms with van der Waals surface area (Å²) in [6, 6.07) is 24.9. The summed E-state index contributed by atoms with van der Waals surface area (Å²) in [4.78, 5) is 100. The molecule has 2 N–H and O–H groups in total. The maximum Gasteiger partial charge on any atom is 0.347 e. The van der Waals surface area contributed by atoms with E-state index in [0.29, 0.717) is 58.0 Å². The highest BCUT2D eigenvalue weighted by Crippen LogP contribution is 2.27. The van der Waals surface area contributed by atoms with Crippen molar-refractivity contribution in [1.29, 1.82) is 0 Å². The molecule has 0 aromatic heterocycles. The lowest BCUT2D eigenvalue weighted by molar-refractivity contribution is -0.134. The van der Waals surface area contributed by atoms with Gasteiger partial charge >= 0.3 is 35.8 Å². The summed E-state index contributed by atoms with van der Waals surface area (Å²) in [5.41, 5.74) is 0.218. The van der Waals surface area contributed by atoms with Crippen molar-refractivity contribution in [3.05, 3.63) is 338 Å². The lowest BCUT2D eigenvalue weighted by Crippen LogP contribution is -2.25. The Bertz CT molecular complexity index is 4140. The van der Waals surface area contributed by atoms with E-state index in [1.54, 1.807) is 48.5 Å². The summed E-state index contributed by atoms with van der Waals surface area (Å²) in [5, 5.41) is 5.68. The van der Waals surface area contributed by atoms with E-state index in [1.807, 2.05) is 24.3 Å². The molecule has 4 aromatic carbocycles. The molecule has 118 heavy (non-hydrogen) atoms. The average Bonchev–Trinajstić information content (AvgIpc) is 0.836. The number of allylic oxidation sites excluding steroid dienone is 36. The molecule has 0 saturated heterocycles. The van der Waals surface area contributed by atoms with E-state index >= 15 is 0 Å². The molecule has 16 nitrogen and oxygen atoms in total. The quantitative estimate of drug-likeness (QED) is 0.0182. The lowest BCUT2D eigenvalue weighted by atomic mass is 10.2. The molecule has 0 aliphatic rings. The topological polar surface area (TPSA) is 216 Å². The molecule has 4 aromatic rings. The van der Waals surface area contributed by atoms with Crippen molar-refractivity contribution in [2.75, 3.05) is 26.3 Å². The number of ether oxygens (including phenoxy) is 6. The first-order valence-electron chi connectivity index (χ1n) is 41.6. The lowest BCUT2D eigenvalue weighted by Gasteiger charge is -2.12. The summed E-state index contributed by atoms with van der Waals surface area (Å²) >= 11 is 0. The summed E-state index contributed by atoms with van der Waals surface area (Å²) in [7, 11) is 0. The normalized spacial score (nSPS) is 12.2. The van der Waals surface area contributed by atoms with Gasteiger partial charge < -0.3 is 39.1 Å². The third-order valence-electron chi connectivity index (χ3n) is 16.4. The Balaban J connectivity index is 0.000000646. The molecule has 0 fully saturated rings. The number of para-hydroxylation sites is 4. The number of nitrogens with one attached hydrogen (secondary N) is 2. The van der Waals surface area contributed by atoms with Crippen molar-refractivity contribution in [2.45, 2.75) is 195 Å². The molecule has 2 amide bonds. The number of carbonyl (C=O) groups excluding carboxylic acids is 8. The smallest absolute Gasteiger partial charge is 0.347 e. The zero-order chi connectivity index (χ0) is 84.9. The van der Waals surface area contributed by atoms with Gasteiger partial charge in [-0.1, -0.05) is 288 Å². The van der Waals surface area contributed by atoms with Gasteiger partial charge in [-0.3, -0.25) is 19.2 Å². The Kier molecular flexibility index (Phi) is 60.7. The van der Waals surface area contributed by atoms with Crippen molar-refractivity contribution in [1.82, 2.24) is 10.6 Å². The SMILES string of the molecule is CC/C=C\C/C=C\C/C=C\C/C=C\C/C=C\C/C=C\CCC(=O)NCCCOC(=O)c1ccccc1OC(=O)c1ccccc1OC(=O)CC/C=C\C/C=C\C/C=C\C/C=C\C/C=C\C/C=C\CC.CC/C=C\C/C=C\C/C=C\C/C=C\C/C=C\C/C=C\CCC(=O)NCCCOC(=O)c1ccccc1OC(=O)c1ccccc1OC(C)=O. The Labute approximate surface area is 703 Å². The van der Waals surface area contributed by atoms with Crippen LogP contribution in [-0.2, 0) is 28.7 Å². The third-order valence-corrected chi connectivity index (χ3v) is 16.4. The Morgan fingerprint density at radius 3 is 0.746 bits per heavy atom. The van der Waals surface area contributed by atoms with Crippen molar-refractivity contribution < 1.29 is 66.8 Å². The fourth-order valence-electron chi connectivity index (χ4n) is 10.3. The predicted octanol–water partition coefficient (Wildman–Crippen LogP) is 24.4. The van der Waals surface area contributed by atoms with Crippen LogP contribution in [0.1, 0.15) is 236 Å². The van der Waals surface area contributed by atoms with Gasteiger partial charge in [0, 0.05) is 39.3 Å². The molecule has 0 aliphatic carbocycles. The fourth-order valence-corrected chi connectivity index (χ4v) is 10.3. The number of amides is 2. The van der Waals surface area contributed by atoms with Crippen molar-refractivity contribution in [2.24, 2.45) is 0 Å². The van der Waals surface area contributed by atoms with E-state index < -0.39 is 35.8 Å². The first-order chi connectivity index (χ1) is 57.9. The average molecular weight is 1600 g/mol. The van der Waals surface area contributed by atoms with E-state index in [-0.39, 0.29) is 76.7 Å². The number of hydrogen-bond acceptors (Lipinski definition) is 14. The highest BCUT2D eigenvalue weighted by atomic mass is 16.6. The van der Waals surface area contributed by atoms with Gasteiger partial charge in [0.1, 0.15) is 45.3 Å². The largest absolute Gasteiger partial charge is 0.462 e. The first-order valence-corrected chi connectivity index (χ1v) is 41.6. The van der Waals surface area contributed by atoms with Gasteiger partial charge in [0.15, 0.2) is 0 Å². The van der Waals surface area contributed by atoms with Crippen molar-refractivity contribution >= 4 is 47.6 Å². The van der Waals surface area contributed by atoms with Crippen LogP contribution in [0, 0.1) is 0 Å². The third kappa shape index (κ3) is 53.9. The number of esters is 6. The standard InChI is InChI=1S/C61H77NO7.C41H49NO7/c1-3-5-7-9-11-13-15-17-19-21-23-25-27-29-31-33-35-37-39-50-58(63)62-52-45-53-67-60(65)54-46-41-44-49-57(54)69-61(66)55-47-42-43-48-56(55)68-59(64)51-40-38-36-34-32-30-28-26-24-22-20-18-16-14-12-10-8-6-4-2;1-3-4-5-6-7-8-9-10-11-12-13-14-15-16-17-18-19-20-21-31-39(44)42-32-26-33-47-40(45)35-27-22-25-30-38(35)49-41(46)36-28-23-24-29-37(36)48-34(2)43/h5-8,11-14,17-20,23-26,29-32,35-38,41-44,46-49H,3-4,9-10,15-16,21-22,27-28,33-34,39-40,45,50-53H2,1-2H3,(H,62,63);4-5,7-8,10-11,13-14,16-17,19-20,22-25,27-30H,3,6,9,12,15,18,21,26,31-33H2,1-2H3,(H,42,44)/b7-5-,8-6-,13-11-,14-12-,19-17-,20-18-,25-23-,26-24-,31-29-,32-30-,37-35-,38-36-;5-4-,8-7-,11-10-,14-13-,17-16-,20-19-. The maximum absolute atomic E-state index is 13.3. The maximum atomic E-state index is 13.3. The molecule has 0 atom stereocenters. The van der Waals surface area contributed by atoms with Gasteiger partial charge in [0.25, 0.3) is 0 Å².